The minimum Gasteiger partial charge on any atom is -0.504 e. The monoisotopic (exact) mass is 526 g/mol. The molecule has 0 spiro atoms. The summed E-state index contributed by atoms with van der Waals surface area (Å²) in [5.41, 5.74) is 4.02. The third kappa shape index (κ3) is 4.54. The second kappa shape index (κ2) is 10.1. The Hall–Kier alpha value is -4.43. The number of aliphatic hydroxyl groups is 1. The van der Waals surface area contributed by atoms with Crippen LogP contribution in [0.15, 0.2) is 78.1 Å². The van der Waals surface area contributed by atoms with Gasteiger partial charge < -0.3 is 14.9 Å². The van der Waals surface area contributed by atoms with Gasteiger partial charge in [0, 0.05) is 0 Å². The zero-order valence-electron chi connectivity index (χ0n) is 21.1. The highest BCUT2D eigenvalue weighted by atomic mass is 32.1. The summed E-state index contributed by atoms with van der Waals surface area (Å²) < 4.78 is 6.46. The number of benzene rings is 3. The number of carbonyl (C=O) groups is 2. The van der Waals surface area contributed by atoms with E-state index in [1.54, 1.807) is 25.1 Å². The van der Waals surface area contributed by atoms with Crippen molar-refractivity contribution in [3.05, 3.63) is 100 Å². The third-order valence-corrected chi connectivity index (χ3v) is 7.33. The second-order valence-electron chi connectivity index (χ2n) is 9.03. The SMILES string of the molecule is CCOc1cc(C2C(C(=O)/C=C/c3ccccc3)=C(O)C(=O)N2c2nc3c(C)cc(C)cc3s2)ccc1O. The molecule has 1 aliphatic heterocycles. The molecular weight excluding hydrogens is 500 g/mol. The number of hydrogen-bond donors (Lipinski definition) is 2. The molecule has 0 aliphatic carbocycles. The van der Waals surface area contributed by atoms with E-state index in [2.05, 4.69) is 0 Å². The number of allylic oxidation sites excluding steroid dienone is 1. The summed E-state index contributed by atoms with van der Waals surface area (Å²) in [4.78, 5) is 33.1. The molecule has 7 nitrogen and oxygen atoms in total. The average Bonchev–Trinajstić information content (AvgIpc) is 3.43. The van der Waals surface area contributed by atoms with Gasteiger partial charge in [-0.1, -0.05) is 59.9 Å². The van der Waals surface area contributed by atoms with Crippen LogP contribution in [0, 0.1) is 13.8 Å². The number of anilines is 1. The molecule has 0 fully saturated rings. The van der Waals surface area contributed by atoms with Crippen molar-refractivity contribution in [2.45, 2.75) is 26.8 Å². The van der Waals surface area contributed by atoms with Crippen molar-refractivity contribution >= 4 is 44.5 Å². The van der Waals surface area contributed by atoms with Gasteiger partial charge in [0.15, 0.2) is 28.2 Å². The molecule has 0 radical (unpaired) electrons. The molecule has 1 aromatic heterocycles. The second-order valence-corrected chi connectivity index (χ2v) is 10.0. The summed E-state index contributed by atoms with van der Waals surface area (Å²) >= 11 is 1.31. The minimum atomic E-state index is -0.975. The van der Waals surface area contributed by atoms with E-state index in [1.807, 2.05) is 56.3 Å². The molecule has 5 rings (SSSR count). The molecule has 8 heteroatoms. The highest BCUT2D eigenvalue weighted by Crippen LogP contribution is 2.45. The van der Waals surface area contributed by atoms with E-state index in [4.69, 9.17) is 9.72 Å². The summed E-state index contributed by atoms with van der Waals surface area (Å²) in [6.45, 7) is 6.05. The van der Waals surface area contributed by atoms with Crippen LogP contribution < -0.4 is 9.64 Å². The number of phenols is 1. The van der Waals surface area contributed by atoms with Gasteiger partial charge >= 0.3 is 0 Å². The number of ketones is 1. The van der Waals surface area contributed by atoms with Crippen LogP contribution in [-0.4, -0.2) is 33.5 Å². The smallest absolute Gasteiger partial charge is 0.296 e. The molecule has 0 saturated heterocycles. The van der Waals surface area contributed by atoms with Crippen molar-refractivity contribution in [1.82, 2.24) is 4.98 Å². The summed E-state index contributed by atoms with van der Waals surface area (Å²) in [6, 6.07) is 17.0. The van der Waals surface area contributed by atoms with Crippen LogP contribution in [0.3, 0.4) is 0 Å². The van der Waals surface area contributed by atoms with E-state index in [9.17, 15) is 19.8 Å². The molecule has 1 amide bonds. The zero-order valence-corrected chi connectivity index (χ0v) is 22.0. The molecule has 1 unspecified atom stereocenters. The van der Waals surface area contributed by atoms with E-state index < -0.39 is 23.5 Å². The summed E-state index contributed by atoms with van der Waals surface area (Å²) in [5, 5.41) is 21.7. The van der Waals surface area contributed by atoms with Gasteiger partial charge in [0.05, 0.1) is 28.4 Å². The standard InChI is InChI=1S/C30H26N2O5S/c1-4-37-23-16-20(11-13-21(23)33)27-25(22(34)12-10-19-8-6-5-7-9-19)28(35)29(36)32(27)30-31-26-18(3)14-17(2)15-24(26)38-30/h5-16,27,33,35H,4H2,1-3H3/b12-10+. The summed E-state index contributed by atoms with van der Waals surface area (Å²) in [5.74, 6) is -1.71. The van der Waals surface area contributed by atoms with Crippen molar-refractivity contribution in [1.29, 1.82) is 0 Å². The Labute approximate surface area is 224 Å². The molecule has 38 heavy (non-hydrogen) atoms. The molecular formula is C30H26N2O5S. The van der Waals surface area contributed by atoms with Crippen molar-refractivity contribution in [2.24, 2.45) is 0 Å². The Morgan fingerprint density at radius 3 is 2.61 bits per heavy atom. The number of amides is 1. The Kier molecular flexibility index (Phi) is 6.73. The first-order valence-electron chi connectivity index (χ1n) is 12.2. The van der Waals surface area contributed by atoms with Crippen molar-refractivity contribution in [2.75, 3.05) is 11.5 Å². The number of aliphatic hydroxyl groups excluding tert-OH is 1. The van der Waals surface area contributed by atoms with E-state index in [0.717, 1.165) is 26.9 Å². The highest BCUT2D eigenvalue weighted by molar-refractivity contribution is 7.22. The molecule has 1 atom stereocenters. The number of aromatic nitrogens is 1. The predicted molar refractivity (Wildman–Crippen MR) is 149 cm³/mol. The lowest BCUT2D eigenvalue weighted by molar-refractivity contribution is -0.117. The van der Waals surface area contributed by atoms with Crippen molar-refractivity contribution in [3.63, 3.8) is 0 Å². The van der Waals surface area contributed by atoms with Gasteiger partial charge in [-0.3, -0.25) is 14.5 Å². The fourth-order valence-electron chi connectivity index (χ4n) is 4.63. The Morgan fingerprint density at radius 2 is 1.87 bits per heavy atom. The largest absolute Gasteiger partial charge is 0.504 e. The molecule has 192 valence electrons. The molecule has 1 aliphatic rings. The van der Waals surface area contributed by atoms with Gasteiger partial charge in [0.1, 0.15) is 0 Å². The third-order valence-electron chi connectivity index (χ3n) is 6.32. The van der Waals surface area contributed by atoms with E-state index in [0.29, 0.717) is 17.3 Å². The van der Waals surface area contributed by atoms with Gasteiger partial charge in [0.25, 0.3) is 5.91 Å². The number of nitrogens with zero attached hydrogens (tertiary/aromatic N) is 2. The number of ether oxygens (including phenoxy) is 1. The van der Waals surface area contributed by atoms with Crippen LogP contribution in [0.4, 0.5) is 5.13 Å². The van der Waals surface area contributed by atoms with Gasteiger partial charge in [-0.15, -0.1) is 0 Å². The fraction of sp³-hybridized carbons (Fsp3) is 0.167. The van der Waals surface area contributed by atoms with Crippen LogP contribution in [0.2, 0.25) is 0 Å². The predicted octanol–water partition coefficient (Wildman–Crippen LogP) is 6.20. The average molecular weight is 527 g/mol. The van der Waals surface area contributed by atoms with E-state index in [1.165, 1.54) is 28.4 Å². The summed E-state index contributed by atoms with van der Waals surface area (Å²) in [6.07, 6.45) is 2.99. The summed E-state index contributed by atoms with van der Waals surface area (Å²) in [7, 11) is 0. The van der Waals surface area contributed by atoms with Crippen LogP contribution in [0.5, 0.6) is 11.5 Å². The maximum absolute atomic E-state index is 13.5. The van der Waals surface area contributed by atoms with E-state index >= 15 is 0 Å². The molecule has 3 aromatic carbocycles. The van der Waals surface area contributed by atoms with Gasteiger partial charge in [-0.25, -0.2) is 4.98 Å². The van der Waals surface area contributed by atoms with Crippen LogP contribution in [0.1, 0.15) is 35.2 Å². The first-order valence-corrected chi connectivity index (χ1v) is 13.0. The van der Waals surface area contributed by atoms with Crippen molar-refractivity contribution < 1.29 is 24.5 Å². The number of fused-ring (bicyclic) bond motifs is 1. The Morgan fingerprint density at radius 1 is 1.11 bits per heavy atom. The van der Waals surface area contributed by atoms with Crippen LogP contribution in [-0.2, 0) is 9.59 Å². The number of aromatic hydroxyl groups is 1. The maximum Gasteiger partial charge on any atom is 0.296 e. The minimum absolute atomic E-state index is 0.0670. The lowest BCUT2D eigenvalue weighted by Gasteiger charge is -2.24. The van der Waals surface area contributed by atoms with Gasteiger partial charge in [0.2, 0.25) is 0 Å². The quantitative estimate of drug-likeness (QED) is 0.278. The number of phenolic OH excluding ortho intramolecular Hbond substituents is 1. The van der Waals surface area contributed by atoms with Crippen LogP contribution >= 0.6 is 11.3 Å². The Bertz CT molecular complexity index is 1620. The van der Waals surface area contributed by atoms with Gasteiger partial charge in [-0.05, 0) is 67.3 Å². The molecule has 0 bridgehead atoms. The number of carbonyl (C=O) groups excluding carboxylic acids is 2. The first kappa shape index (κ1) is 25.2. The van der Waals surface area contributed by atoms with Crippen LogP contribution in [0.25, 0.3) is 16.3 Å². The topological polar surface area (TPSA) is 100.0 Å². The van der Waals surface area contributed by atoms with Gasteiger partial charge in [-0.2, -0.15) is 0 Å². The number of thiazole rings is 1. The lowest BCUT2D eigenvalue weighted by Crippen LogP contribution is -2.30. The molecule has 2 heterocycles. The maximum atomic E-state index is 13.5. The van der Waals surface area contributed by atoms with E-state index in [-0.39, 0.29) is 17.1 Å². The molecule has 0 saturated carbocycles. The number of hydrogen-bond acceptors (Lipinski definition) is 7. The Balaban J connectivity index is 1.65. The zero-order chi connectivity index (χ0) is 27.0. The lowest BCUT2D eigenvalue weighted by atomic mass is 9.95. The number of aryl methyl sites for hydroxylation is 2. The molecule has 2 N–H and O–H groups in total. The first-order chi connectivity index (χ1) is 18.3. The highest BCUT2D eigenvalue weighted by Gasteiger charge is 2.45. The van der Waals surface area contributed by atoms with Crippen molar-refractivity contribution in [3.8, 4) is 11.5 Å². The fourth-order valence-corrected chi connectivity index (χ4v) is 5.80. The normalized spacial score (nSPS) is 15.7. The number of rotatable bonds is 7. The molecule has 4 aromatic rings.